The van der Waals surface area contributed by atoms with Crippen molar-refractivity contribution in [1.29, 1.82) is 0 Å². The highest BCUT2D eigenvalue weighted by Gasteiger charge is 2.11. The molecular formula is C11H14N4O2. The summed E-state index contributed by atoms with van der Waals surface area (Å²) in [5.74, 6) is 1.03. The summed E-state index contributed by atoms with van der Waals surface area (Å²) in [4.78, 5) is 8.15. The first-order chi connectivity index (χ1) is 8.31. The molecule has 0 fully saturated rings. The monoisotopic (exact) mass is 234 g/mol. The van der Waals surface area contributed by atoms with E-state index >= 15 is 0 Å². The maximum Gasteiger partial charge on any atom is 0.260 e. The van der Waals surface area contributed by atoms with Gasteiger partial charge in [-0.25, -0.2) is 0 Å². The van der Waals surface area contributed by atoms with E-state index in [0.29, 0.717) is 42.6 Å². The van der Waals surface area contributed by atoms with Gasteiger partial charge in [0.25, 0.3) is 5.89 Å². The van der Waals surface area contributed by atoms with Gasteiger partial charge in [0, 0.05) is 19.2 Å². The second kappa shape index (κ2) is 5.40. The smallest absolute Gasteiger partial charge is 0.260 e. The minimum atomic E-state index is 0.413. The van der Waals surface area contributed by atoms with E-state index in [9.17, 15) is 0 Å². The van der Waals surface area contributed by atoms with Gasteiger partial charge in [0.15, 0.2) is 5.82 Å². The molecule has 17 heavy (non-hydrogen) atoms. The van der Waals surface area contributed by atoms with Crippen LogP contribution in [0.4, 0.5) is 5.69 Å². The Kier molecular flexibility index (Phi) is 3.66. The average molecular weight is 234 g/mol. The second-order valence-corrected chi connectivity index (χ2v) is 3.43. The van der Waals surface area contributed by atoms with Crippen molar-refractivity contribution in [2.45, 2.75) is 13.3 Å². The average Bonchev–Trinajstić information content (AvgIpc) is 2.79. The summed E-state index contributed by atoms with van der Waals surface area (Å²) in [6.45, 7) is 3.21. The van der Waals surface area contributed by atoms with Crippen LogP contribution in [0.3, 0.4) is 0 Å². The topological polar surface area (TPSA) is 87.1 Å². The minimum Gasteiger partial charge on any atom is -0.397 e. The van der Waals surface area contributed by atoms with Gasteiger partial charge in [-0.1, -0.05) is 5.16 Å². The Morgan fingerprint density at radius 1 is 1.47 bits per heavy atom. The number of nitrogen functional groups attached to an aromatic ring is 1. The molecule has 0 atom stereocenters. The number of hydrogen-bond donors (Lipinski definition) is 1. The molecule has 0 aromatic carbocycles. The molecule has 2 N–H and O–H groups in total. The number of ether oxygens (including phenoxy) is 1. The Morgan fingerprint density at radius 2 is 2.35 bits per heavy atom. The minimum absolute atomic E-state index is 0.413. The van der Waals surface area contributed by atoms with Crippen molar-refractivity contribution in [3.05, 3.63) is 24.3 Å². The lowest BCUT2D eigenvalue weighted by atomic mass is 10.2. The third kappa shape index (κ3) is 2.79. The molecule has 0 saturated heterocycles. The highest BCUT2D eigenvalue weighted by molar-refractivity contribution is 5.68. The van der Waals surface area contributed by atoms with E-state index in [0.717, 1.165) is 0 Å². The van der Waals surface area contributed by atoms with E-state index in [4.69, 9.17) is 15.0 Å². The lowest BCUT2D eigenvalue weighted by molar-refractivity contribution is 0.149. The van der Waals surface area contributed by atoms with Gasteiger partial charge >= 0.3 is 0 Å². The summed E-state index contributed by atoms with van der Waals surface area (Å²) in [5, 5.41) is 3.86. The number of hydrogen-bond acceptors (Lipinski definition) is 6. The van der Waals surface area contributed by atoms with Crippen molar-refractivity contribution in [3.63, 3.8) is 0 Å². The summed E-state index contributed by atoms with van der Waals surface area (Å²) in [6.07, 6.45) is 3.82. The largest absolute Gasteiger partial charge is 0.397 e. The van der Waals surface area contributed by atoms with Crippen molar-refractivity contribution in [3.8, 4) is 11.5 Å². The molecule has 0 unspecified atom stereocenters. The van der Waals surface area contributed by atoms with Crippen molar-refractivity contribution < 1.29 is 9.26 Å². The highest BCUT2D eigenvalue weighted by Crippen LogP contribution is 2.22. The standard InChI is InChI=1S/C11H14N4O2/c1-2-16-6-4-10-14-11(17-15-10)8-3-5-13-7-9(8)12/h3,5,7H,2,4,6,12H2,1H3. The number of rotatable bonds is 5. The quantitative estimate of drug-likeness (QED) is 0.784. The molecule has 6 nitrogen and oxygen atoms in total. The molecule has 6 heteroatoms. The third-order valence-electron chi connectivity index (χ3n) is 2.22. The fourth-order valence-corrected chi connectivity index (χ4v) is 1.37. The van der Waals surface area contributed by atoms with Crippen LogP contribution in [0.1, 0.15) is 12.7 Å². The van der Waals surface area contributed by atoms with Crippen LogP contribution in [0.15, 0.2) is 23.0 Å². The van der Waals surface area contributed by atoms with Crippen LogP contribution < -0.4 is 5.73 Å². The van der Waals surface area contributed by atoms with Crippen molar-refractivity contribution in [1.82, 2.24) is 15.1 Å². The molecule has 0 amide bonds. The molecule has 0 radical (unpaired) electrons. The molecule has 0 spiro atoms. The Hall–Kier alpha value is -1.95. The Bertz CT molecular complexity index is 484. The maximum absolute atomic E-state index is 5.77. The molecule has 0 aliphatic heterocycles. The molecule has 0 aliphatic rings. The molecule has 2 rings (SSSR count). The van der Waals surface area contributed by atoms with Gasteiger partial charge in [-0.3, -0.25) is 4.98 Å². The van der Waals surface area contributed by atoms with Crippen LogP contribution >= 0.6 is 0 Å². The Balaban J connectivity index is 2.10. The van der Waals surface area contributed by atoms with E-state index in [-0.39, 0.29) is 0 Å². The fourth-order valence-electron chi connectivity index (χ4n) is 1.37. The van der Waals surface area contributed by atoms with Crippen LogP contribution in [0, 0.1) is 0 Å². The summed E-state index contributed by atoms with van der Waals surface area (Å²) in [7, 11) is 0. The zero-order valence-corrected chi connectivity index (χ0v) is 9.59. The van der Waals surface area contributed by atoms with E-state index in [1.54, 1.807) is 18.5 Å². The van der Waals surface area contributed by atoms with Gasteiger partial charge in [-0.2, -0.15) is 4.98 Å². The van der Waals surface area contributed by atoms with Crippen LogP contribution in [0.25, 0.3) is 11.5 Å². The molecule has 0 bridgehead atoms. The summed E-state index contributed by atoms with van der Waals surface area (Å²) in [6, 6.07) is 1.75. The van der Waals surface area contributed by atoms with Gasteiger partial charge in [0.05, 0.1) is 24.1 Å². The summed E-state index contributed by atoms with van der Waals surface area (Å²) in [5.41, 5.74) is 6.99. The van der Waals surface area contributed by atoms with Gasteiger partial charge in [0.1, 0.15) is 0 Å². The SMILES string of the molecule is CCOCCc1noc(-c2ccncc2N)n1. The van der Waals surface area contributed by atoms with E-state index in [1.165, 1.54) is 0 Å². The van der Waals surface area contributed by atoms with Gasteiger partial charge in [-0.15, -0.1) is 0 Å². The number of nitrogens with zero attached hydrogens (tertiary/aromatic N) is 3. The van der Waals surface area contributed by atoms with E-state index in [2.05, 4.69) is 15.1 Å². The Labute approximate surface area is 98.8 Å². The second-order valence-electron chi connectivity index (χ2n) is 3.43. The van der Waals surface area contributed by atoms with E-state index < -0.39 is 0 Å². The number of aromatic nitrogens is 3. The lowest BCUT2D eigenvalue weighted by Gasteiger charge is -1.97. The molecule has 90 valence electrons. The number of anilines is 1. The first-order valence-corrected chi connectivity index (χ1v) is 5.41. The molecule has 2 aromatic heterocycles. The normalized spacial score (nSPS) is 10.6. The van der Waals surface area contributed by atoms with Crippen molar-refractivity contribution >= 4 is 5.69 Å². The molecular weight excluding hydrogens is 220 g/mol. The fraction of sp³-hybridized carbons (Fsp3) is 0.364. The van der Waals surface area contributed by atoms with Gasteiger partial charge in [-0.05, 0) is 13.0 Å². The van der Waals surface area contributed by atoms with Crippen molar-refractivity contribution in [2.75, 3.05) is 18.9 Å². The zero-order chi connectivity index (χ0) is 12.1. The van der Waals surface area contributed by atoms with Crippen LogP contribution in [-0.2, 0) is 11.2 Å². The lowest BCUT2D eigenvalue weighted by Crippen LogP contribution is -1.99. The van der Waals surface area contributed by atoms with Crippen LogP contribution in [0.2, 0.25) is 0 Å². The first-order valence-electron chi connectivity index (χ1n) is 5.41. The summed E-state index contributed by atoms with van der Waals surface area (Å²) < 4.78 is 10.4. The van der Waals surface area contributed by atoms with E-state index in [1.807, 2.05) is 6.92 Å². The maximum atomic E-state index is 5.77. The van der Waals surface area contributed by atoms with Gasteiger partial charge in [0.2, 0.25) is 0 Å². The van der Waals surface area contributed by atoms with Crippen LogP contribution in [-0.4, -0.2) is 28.3 Å². The number of pyridine rings is 1. The van der Waals surface area contributed by atoms with Gasteiger partial charge < -0.3 is 15.0 Å². The molecule has 2 heterocycles. The van der Waals surface area contributed by atoms with Crippen LogP contribution in [0.5, 0.6) is 0 Å². The Morgan fingerprint density at radius 3 is 3.12 bits per heavy atom. The zero-order valence-electron chi connectivity index (χ0n) is 9.59. The molecule has 2 aromatic rings. The van der Waals surface area contributed by atoms with Crippen molar-refractivity contribution in [2.24, 2.45) is 0 Å². The molecule has 0 aliphatic carbocycles. The highest BCUT2D eigenvalue weighted by atomic mass is 16.5. The number of nitrogens with two attached hydrogens (primary N) is 1. The molecule has 0 saturated carbocycles. The first kappa shape index (κ1) is 11.5. The summed E-state index contributed by atoms with van der Waals surface area (Å²) >= 11 is 0. The predicted molar refractivity (Wildman–Crippen MR) is 62.1 cm³/mol. The predicted octanol–water partition coefficient (Wildman–Crippen LogP) is 1.29. The third-order valence-corrected chi connectivity index (χ3v) is 2.22.